The first-order valence-corrected chi connectivity index (χ1v) is 7.95. The summed E-state index contributed by atoms with van der Waals surface area (Å²) in [7, 11) is 0. The van der Waals surface area contributed by atoms with Crippen LogP contribution >= 0.6 is 34.5 Å². The highest BCUT2D eigenvalue weighted by Gasteiger charge is 2.14. The molecule has 0 unspecified atom stereocenters. The molecule has 22 heavy (non-hydrogen) atoms. The summed E-state index contributed by atoms with van der Waals surface area (Å²) in [5.41, 5.74) is 1.61. The number of thiazole rings is 1. The number of aryl methyl sites for hydroxylation is 1. The molecule has 2 heterocycles. The highest BCUT2D eigenvalue weighted by molar-refractivity contribution is 7.13. The van der Waals surface area contributed by atoms with E-state index in [1.165, 1.54) is 11.3 Å². The van der Waals surface area contributed by atoms with E-state index in [1.807, 2.05) is 12.3 Å². The lowest BCUT2D eigenvalue weighted by molar-refractivity contribution is 0.0997. The number of aromatic nitrogens is 1. The van der Waals surface area contributed by atoms with Crippen molar-refractivity contribution < 1.29 is 9.21 Å². The van der Waals surface area contributed by atoms with Crippen LogP contribution in [0.5, 0.6) is 0 Å². The van der Waals surface area contributed by atoms with Crippen LogP contribution in [-0.2, 0) is 0 Å². The summed E-state index contributed by atoms with van der Waals surface area (Å²) < 4.78 is 5.57. The molecule has 3 rings (SSSR count). The molecule has 0 fully saturated rings. The molecule has 7 heteroatoms. The topological polar surface area (TPSA) is 55.1 Å². The summed E-state index contributed by atoms with van der Waals surface area (Å²) >= 11 is 13.2. The summed E-state index contributed by atoms with van der Waals surface area (Å²) in [6, 6.07) is 8.46. The molecule has 1 amide bonds. The molecule has 0 spiro atoms. The van der Waals surface area contributed by atoms with Crippen molar-refractivity contribution in [2.45, 2.75) is 6.92 Å². The van der Waals surface area contributed by atoms with Crippen LogP contribution in [0.3, 0.4) is 0 Å². The van der Waals surface area contributed by atoms with Crippen molar-refractivity contribution in [3.63, 3.8) is 0 Å². The van der Waals surface area contributed by atoms with Crippen LogP contribution in [0.1, 0.15) is 16.2 Å². The summed E-state index contributed by atoms with van der Waals surface area (Å²) in [5.74, 6) is 0.397. The maximum atomic E-state index is 12.1. The molecule has 0 aliphatic carbocycles. The summed E-state index contributed by atoms with van der Waals surface area (Å²) in [6.45, 7) is 1.86. The van der Waals surface area contributed by atoms with Gasteiger partial charge >= 0.3 is 0 Å². The molecule has 2 aromatic heterocycles. The number of amides is 1. The van der Waals surface area contributed by atoms with Gasteiger partial charge in [0.2, 0.25) is 0 Å². The van der Waals surface area contributed by atoms with E-state index in [-0.39, 0.29) is 11.7 Å². The quantitative estimate of drug-likeness (QED) is 0.698. The van der Waals surface area contributed by atoms with Crippen LogP contribution in [0.15, 0.2) is 40.1 Å². The molecule has 1 aromatic carbocycles. The van der Waals surface area contributed by atoms with Gasteiger partial charge in [-0.2, -0.15) is 0 Å². The summed E-state index contributed by atoms with van der Waals surface area (Å²) in [4.78, 5) is 16.3. The average molecular weight is 353 g/mol. The molecule has 0 atom stereocenters. The highest BCUT2D eigenvalue weighted by atomic mass is 35.5. The lowest BCUT2D eigenvalue weighted by atomic mass is 10.2. The summed E-state index contributed by atoms with van der Waals surface area (Å²) in [6.07, 6.45) is 0. The number of hydrogen-bond donors (Lipinski definition) is 1. The summed E-state index contributed by atoms with van der Waals surface area (Å²) in [5, 5.41) is 5.99. The van der Waals surface area contributed by atoms with Crippen molar-refractivity contribution in [3.8, 4) is 11.3 Å². The average Bonchev–Trinajstić information content (AvgIpc) is 3.11. The molecule has 0 saturated carbocycles. The maximum Gasteiger partial charge on any atom is 0.293 e. The molecule has 3 aromatic rings. The SMILES string of the molecule is Cc1csc(NC(=O)c2ccc(-c3ccc(Cl)c(Cl)c3)o2)n1. The highest BCUT2D eigenvalue weighted by Crippen LogP contribution is 2.29. The van der Waals surface area contributed by atoms with Crippen LogP contribution in [0, 0.1) is 6.92 Å². The van der Waals surface area contributed by atoms with Crippen molar-refractivity contribution in [2.75, 3.05) is 5.32 Å². The van der Waals surface area contributed by atoms with Gasteiger partial charge in [-0.15, -0.1) is 11.3 Å². The van der Waals surface area contributed by atoms with Gasteiger partial charge in [-0.25, -0.2) is 4.98 Å². The van der Waals surface area contributed by atoms with Gasteiger partial charge in [0, 0.05) is 10.9 Å². The van der Waals surface area contributed by atoms with Gasteiger partial charge in [0.25, 0.3) is 5.91 Å². The number of carbonyl (C=O) groups is 1. The minimum absolute atomic E-state index is 0.203. The molecular weight excluding hydrogens is 343 g/mol. The van der Waals surface area contributed by atoms with E-state index in [4.69, 9.17) is 27.6 Å². The largest absolute Gasteiger partial charge is 0.451 e. The molecular formula is C15H10Cl2N2O2S. The Morgan fingerprint density at radius 2 is 2.05 bits per heavy atom. The minimum Gasteiger partial charge on any atom is -0.451 e. The second kappa shape index (κ2) is 6.12. The molecule has 0 bridgehead atoms. The van der Waals surface area contributed by atoms with Crippen LogP contribution in [0.2, 0.25) is 10.0 Å². The Hall–Kier alpha value is -1.82. The standard InChI is InChI=1S/C15H10Cl2N2O2S/c1-8-7-22-15(18-8)19-14(20)13-5-4-12(21-13)9-2-3-10(16)11(17)6-9/h2-7H,1H3,(H,18,19,20). The smallest absolute Gasteiger partial charge is 0.293 e. The zero-order valence-corrected chi connectivity index (χ0v) is 13.7. The van der Waals surface area contributed by atoms with E-state index in [9.17, 15) is 4.79 Å². The first-order valence-electron chi connectivity index (χ1n) is 6.31. The normalized spacial score (nSPS) is 10.7. The lowest BCUT2D eigenvalue weighted by Crippen LogP contribution is -2.10. The maximum absolute atomic E-state index is 12.1. The van der Waals surface area contributed by atoms with Gasteiger partial charge in [0.1, 0.15) is 5.76 Å². The Bertz CT molecular complexity index is 842. The molecule has 0 aliphatic heterocycles. The van der Waals surface area contributed by atoms with E-state index in [2.05, 4.69) is 10.3 Å². The Kier molecular flexibility index (Phi) is 4.20. The van der Waals surface area contributed by atoms with Crippen LogP contribution in [0.4, 0.5) is 5.13 Å². The Balaban J connectivity index is 1.80. The number of hydrogen-bond acceptors (Lipinski definition) is 4. The predicted octanol–water partition coefficient (Wildman–Crippen LogP) is 5.27. The van der Waals surface area contributed by atoms with Crippen molar-refractivity contribution in [1.29, 1.82) is 0 Å². The molecule has 0 radical (unpaired) electrons. The van der Waals surface area contributed by atoms with Gasteiger partial charge in [-0.05, 0) is 37.3 Å². The van der Waals surface area contributed by atoms with Crippen LogP contribution < -0.4 is 5.32 Å². The van der Waals surface area contributed by atoms with Gasteiger partial charge in [0.15, 0.2) is 10.9 Å². The van der Waals surface area contributed by atoms with Crippen LogP contribution in [-0.4, -0.2) is 10.9 Å². The van der Waals surface area contributed by atoms with Gasteiger partial charge in [-0.3, -0.25) is 10.1 Å². The predicted molar refractivity (Wildman–Crippen MR) is 89.0 cm³/mol. The number of nitrogens with zero attached hydrogens (tertiary/aromatic N) is 1. The van der Waals surface area contributed by atoms with E-state index >= 15 is 0 Å². The Morgan fingerprint density at radius 1 is 1.23 bits per heavy atom. The van der Waals surface area contributed by atoms with E-state index in [0.29, 0.717) is 20.9 Å². The second-order valence-corrected chi connectivity index (χ2v) is 6.21. The molecule has 0 aliphatic rings. The second-order valence-electron chi connectivity index (χ2n) is 4.54. The van der Waals surface area contributed by atoms with Crippen molar-refractivity contribution in [3.05, 3.63) is 57.2 Å². The van der Waals surface area contributed by atoms with Crippen molar-refractivity contribution in [1.82, 2.24) is 4.98 Å². The number of rotatable bonds is 3. The fourth-order valence-electron chi connectivity index (χ4n) is 1.83. The number of anilines is 1. The first-order chi connectivity index (χ1) is 10.5. The van der Waals surface area contributed by atoms with Gasteiger partial charge < -0.3 is 4.42 Å². The fourth-order valence-corrected chi connectivity index (χ4v) is 2.82. The number of nitrogens with one attached hydrogen (secondary N) is 1. The minimum atomic E-state index is -0.347. The Morgan fingerprint density at radius 3 is 2.73 bits per heavy atom. The third-order valence-corrected chi connectivity index (χ3v) is 4.49. The van der Waals surface area contributed by atoms with Gasteiger partial charge in [-0.1, -0.05) is 23.2 Å². The van der Waals surface area contributed by atoms with Gasteiger partial charge in [0.05, 0.1) is 15.7 Å². The third-order valence-electron chi connectivity index (χ3n) is 2.87. The molecule has 0 saturated heterocycles. The van der Waals surface area contributed by atoms with E-state index in [1.54, 1.807) is 30.3 Å². The van der Waals surface area contributed by atoms with Crippen molar-refractivity contribution in [2.24, 2.45) is 0 Å². The lowest BCUT2D eigenvalue weighted by Gasteiger charge is -2.00. The number of halogens is 2. The number of carbonyl (C=O) groups excluding carboxylic acids is 1. The number of benzene rings is 1. The first kappa shape index (κ1) is 15.1. The zero-order chi connectivity index (χ0) is 15.7. The third kappa shape index (κ3) is 3.16. The molecule has 4 nitrogen and oxygen atoms in total. The monoisotopic (exact) mass is 352 g/mol. The van der Waals surface area contributed by atoms with E-state index in [0.717, 1.165) is 11.3 Å². The zero-order valence-electron chi connectivity index (χ0n) is 11.4. The Labute approximate surface area is 140 Å². The van der Waals surface area contributed by atoms with Crippen molar-refractivity contribution >= 4 is 45.6 Å². The molecule has 112 valence electrons. The molecule has 1 N–H and O–H groups in total. The fraction of sp³-hybridized carbons (Fsp3) is 0.0667. The number of furan rings is 1. The van der Waals surface area contributed by atoms with E-state index < -0.39 is 0 Å². The van der Waals surface area contributed by atoms with Crippen LogP contribution in [0.25, 0.3) is 11.3 Å².